The topological polar surface area (TPSA) is 47.2 Å². The van der Waals surface area contributed by atoms with Crippen molar-refractivity contribution >= 4 is 22.7 Å². The summed E-state index contributed by atoms with van der Waals surface area (Å²) < 4.78 is 20.0. The predicted molar refractivity (Wildman–Crippen MR) is 74.2 cm³/mol. The number of hydrogen-bond donors (Lipinski definition) is 1. The molecule has 3 aromatic rings. The first-order chi connectivity index (χ1) is 9.69. The Morgan fingerprint density at radius 3 is 2.75 bits per heavy atom. The van der Waals surface area contributed by atoms with Gasteiger partial charge in [0.25, 0.3) is 5.91 Å². The molecule has 1 aromatic carbocycles. The molecule has 20 heavy (non-hydrogen) atoms. The minimum Gasteiger partial charge on any atom is -0.463 e. The summed E-state index contributed by atoms with van der Waals surface area (Å²) in [5.41, 5.74) is 2.64. The Hall–Kier alpha value is -2.56. The number of halogens is 1. The Morgan fingerprint density at radius 1 is 1.30 bits per heavy atom. The lowest BCUT2D eigenvalue weighted by Gasteiger charge is -2.08. The van der Waals surface area contributed by atoms with Crippen LogP contribution in [0.25, 0.3) is 11.1 Å². The first-order valence-corrected chi connectivity index (χ1v) is 6.32. The van der Waals surface area contributed by atoms with Crippen molar-refractivity contribution < 1.29 is 13.6 Å². The number of anilines is 1. The molecule has 0 saturated carbocycles. The number of furan rings is 1. The summed E-state index contributed by atoms with van der Waals surface area (Å²) in [4.78, 5) is 12.3. The molecule has 3 rings (SSSR count). The third-order valence-corrected chi connectivity index (χ3v) is 3.17. The molecule has 102 valence electrons. The van der Waals surface area contributed by atoms with E-state index in [1.807, 2.05) is 17.6 Å². The zero-order chi connectivity index (χ0) is 14.1. The largest absolute Gasteiger partial charge is 0.463 e. The molecule has 0 unspecified atom stereocenters. The van der Waals surface area contributed by atoms with Gasteiger partial charge in [0, 0.05) is 24.4 Å². The Labute approximate surface area is 114 Å². The quantitative estimate of drug-likeness (QED) is 0.791. The van der Waals surface area contributed by atoms with Gasteiger partial charge in [0.1, 0.15) is 11.5 Å². The molecule has 0 atom stereocenters. The number of aryl methyl sites for hydroxylation is 1. The normalized spacial score (nSPS) is 10.9. The van der Waals surface area contributed by atoms with E-state index < -0.39 is 0 Å². The second-order valence-corrected chi connectivity index (χ2v) is 4.40. The van der Waals surface area contributed by atoms with Crippen molar-refractivity contribution in [1.82, 2.24) is 4.57 Å². The van der Waals surface area contributed by atoms with Crippen molar-refractivity contribution in [3.8, 4) is 0 Å². The first kappa shape index (κ1) is 12.5. The summed E-state index contributed by atoms with van der Waals surface area (Å²) in [7, 11) is 0. The number of nitrogens with one attached hydrogen (secondary N) is 1. The number of fused-ring (bicyclic) bond motifs is 1. The standard InChI is InChI=1S/C15H13FN2O2/c1-2-18-12-7-8-20-14(12)9-13(18)15(19)17-11-5-3-10(16)4-6-11/h3-9H,2H2,1H3,(H,17,19). The van der Waals surface area contributed by atoms with Crippen LogP contribution in [0.4, 0.5) is 10.1 Å². The SMILES string of the molecule is CCn1c(C(=O)Nc2ccc(F)cc2)cc2occc21. The fourth-order valence-electron chi connectivity index (χ4n) is 2.23. The van der Waals surface area contributed by atoms with E-state index in [1.54, 1.807) is 12.3 Å². The number of carbonyl (C=O) groups is 1. The van der Waals surface area contributed by atoms with Crippen LogP contribution in [0, 0.1) is 5.82 Å². The average Bonchev–Trinajstić information content (AvgIpc) is 3.01. The van der Waals surface area contributed by atoms with Gasteiger partial charge >= 0.3 is 0 Å². The molecule has 0 spiro atoms. The molecule has 0 radical (unpaired) electrons. The molecule has 0 aliphatic rings. The smallest absolute Gasteiger partial charge is 0.272 e. The zero-order valence-electron chi connectivity index (χ0n) is 10.9. The van der Waals surface area contributed by atoms with E-state index in [9.17, 15) is 9.18 Å². The average molecular weight is 272 g/mol. The van der Waals surface area contributed by atoms with Crippen LogP contribution in [-0.4, -0.2) is 10.5 Å². The molecule has 0 aliphatic carbocycles. The van der Waals surface area contributed by atoms with Gasteiger partial charge in [-0.25, -0.2) is 4.39 Å². The Morgan fingerprint density at radius 2 is 2.05 bits per heavy atom. The maximum absolute atomic E-state index is 12.8. The number of hydrogen-bond acceptors (Lipinski definition) is 2. The fourth-order valence-corrected chi connectivity index (χ4v) is 2.23. The summed E-state index contributed by atoms with van der Waals surface area (Å²) in [6.07, 6.45) is 1.60. The number of carbonyl (C=O) groups excluding carboxylic acids is 1. The number of amides is 1. The van der Waals surface area contributed by atoms with E-state index >= 15 is 0 Å². The fraction of sp³-hybridized carbons (Fsp3) is 0.133. The number of aromatic nitrogens is 1. The lowest BCUT2D eigenvalue weighted by Crippen LogP contribution is -2.16. The first-order valence-electron chi connectivity index (χ1n) is 6.32. The second kappa shape index (κ2) is 4.85. The van der Waals surface area contributed by atoms with Gasteiger partial charge in [0.05, 0.1) is 11.8 Å². The number of benzene rings is 1. The molecule has 4 nitrogen and oxygen atoms in total. The molecular weight excluding hydrogens is 259 g/mol. The van der Waals surface area contributed by atoms with Crippen LogP contribution < -0.4 is 5.32 Å². The highest BCUT2D eigenvalue weighted by molar-refractivity contribution is 6.05. The molecule has 1 amide bonds. The van der Waals surface area contributed by atoms with Gasteiger partial charge in [-0.1, -0.05) is 0 Å². The molecule has 5 heteroatoms. The van der Waals surface area contributed by atoms with Crippen molar-refractivity contribution in [1.29, 1.82) is 0 Å². The summed E-state index contributed by atoms with van der Waals surface area (Å²) in [6.45, 7) is 2.62. The summed E-state index contributed by atoms with van der Waals surface area (Å²) >= 11 is 0. The van der Waals surface area contributed by atoms with Crippen LogP contribution in [0.15, 0.2) is 47.1 Å². The van der Waals surface area contributed by atoms with E-state index in [2.05, 4.69) is 5.32 Å². The highest BCUT2D eigenvalue weighted by atomic mass is 19.1. The molecule has 2 aromatic heterocycles. The minimum absolute atomic E-state index is 0.246. The van der Waals surface area contributed by atoms with Crippen LogP contribution >= 0.6 is 0 Å². The molecule has 0 saturated heterocycles. The van der Waals surface area contributed by atoms with E-state index in [4.69, 9.17) is 4.42 Å². The summed E-state index contributed by atoms with van der Waals surface area (Å²) in [6, 6.07) is 9.19. The van der Waals surface area contributed by atoms with Gasteiger partial charge in [-0.05, 0) is 31.2 Å². The lowest BCUT2D eigenvalue weighted by atomic mass is 10.3. The van der Waals surface area contributed by atoms with Gasteiger partial charge < -0.3 is 14.3 Å². The van der Waals surface area contributed by atoms with E-state index in [-0.39, 0.29) is 11.7 Å². The Bertz CT molecular complexity index is 756. The summed E-state index contributed by atoms with van der Waals surface area (Å²) in [5, 5.41) is 2.74. The van der Waals surface area contributed by atoms with Crippen molar-refractivity contribution in [3.63, 3.8) is 0 Å². The van der Waals surface area contributed by atoms with Crippen molar-refractivity contribution in [2.45, 2.75) is 13.5 Å². The van der Waals surface area contributed by atoms with Gasteiger partial charge in [0.15, 0.2) is 5.58 Å². The highest BCUT2D eigenvalue weighted by Gasteiger charge is 2.16. The maximum atomic E-state index is 12.8. The van der Waals surface area contributed by atoms with Gasteiger partial charge in [-0.3, -0.25) is 4.79 Å². The number of nitrogens with zero attached hydrogens (tertiary/aromatic N) is 1. The van der Waals surface area contributed by atoms with E-state index in [0.717, 1.165) is 5.52 Å². The third kappa shape index (κ3) is 2.07. The van der Waals surface area contributed by atoms with Crippen molar-refractivity contribution in [2.24, 2.45) is 0 Å². The predicted octanol–water partition coefficient (Wildman–Crippen LogP) is 3.65. The number of rotatable bonds is 3. The van der Waals surface area contributed by atoms with Gasteiger partial charge in [-0.2, -0.15) is 0 Å². The van der Waals surface area contributed by atoms with Crippen LogP contribution in [0.2, 0.25) is 0 Å². The van der Waals surface area contributed by atoms with Crippen LogP contribution in [0.1, 0.15) is 17.4 Å². The molecular formula is C15H13FN2O2. The molecule has 2 heterocycles. The van der Waals surface area contributed by atoms with Gasteiger partial charge in [0.2, 0.25) is 0 Å². The Kier molecular flexibility index (Phi) is 3.02. The van der Waals surface area contributed by atoms with Gasteiger partial charge in [-0.15, -0.1) is 0 Å². The van der Waals surface area contributed by atoms with Crippen LogP contribution in [-0.2, 0) is 6.54 Å². The highest BCUT2D eigenvalue weighted by Crippen LogP contribution is 2.22. The third-order valence-electron chi connectivity index (χ3n) is 3.17. The van der Waals surface area contributed by atoms with Crippen LogP contribution in [0.5, 0.6) is 0 Å². The monoisotopic (exact) mass is 272 g/mol. The van der Waals surface area contributed by atoms with Crippen molar-refractivity contribution in [2.75, 3.05) is 5.32 Å². The summed E-state index contributed by atoms with van der Waals surface area (Å²) in [5.74, 6) is -0.581. The molecule has 0 fully saturated rings. The van der Waals surface area contributed by atoms with Crippen molar-refractivity contribution in [3.05, 3.63) is 54.2 Å². The Balaban J connectivity index is 1.92. The zero-order valence-corrected chi connectivity index (χ0v) is 10.9. The lowest BCUT2D eigenvalue weighted by molar-refractivity contribution is 0.101. The maximum Gasteiger partial charge on any atom is 0.272 e. The molecule has 0 bridgehead atoms. The van der Waals surface area contributed by atoms with E-state index in [1.165, 1.54) is 24.3 Å². The minimum atomic E-state index is -0.336. The second-order valence-electron chi connectivity index (χ2n) is 4.40. The molecule has 0 aliphatic heterocycles. The van der Waals surface area contributed by atoms with Crippen LogP contribution in [0.3, 0.4) is 0 Å². The van der Waals surface area contributed by atoms with E-state index in [0.29, 0.717) is 23.5 Å². The molecule has 1 N–H and O–H groups in total.